The SMILES string of the molecule is Cc1ccc(S(=O)(=O)N2CC(c3cccc4ccccc34)CC2c2ccccc2)cc1. The van der Waals surface area contributed by atoms with Gasteiger partial charge in [-0.05, 0) is 47.4 Å². The van der Waals surface area contributed by atoms with Gasteiger partial charge in [-0.3, -0.25) is 0 Å². The van der Waals surface area contributed by atoms with Crippen LogP contribution in [0.2, 0.25) is 0 Å². The zero-order valence-electron chi connectivity index (χ0n) is 17.5. The Balaban J connectivity index is 1.59. The average molecular weight is 428 g/mol. The number of hydrogen-bond donors (Lipinski definition) is 0. The Morgan fingerprint density at radius 2 is 1.45 bits per heavy atom. The highest BCUT2D eigenvalue weighted by atomic mass is 32.2. The molecular weight excluding hydrogens is 402 g/mol. The predicted octanol–water partition coefficient (Wildman–Crippen LogP) is 6.07. The Morgan fingerprint density at radius 3 is 2.23 bits per heavy atom. The molecule has 2 unspecified atom stereocenters. The van der Waals surface area contributed by atoms with Crippen molar-refractivity contribution in [3.05, 3.63) is 114 Å². The lowest BCUT2D eigenvalue weighted by molar-refractivity contribution is 0.396. The molecule has 0 bridgehead atoms. The number of nitrogens with zero attached hydrogens (tertiary/aromatic N) is 1. The monoisotopic (exact) mass is 427 g/mol. The van der Waals surface area contributed by atoms with Gasteiger partial charge in [-0.1, -0.05) is 90.5 Å². The van der Waals surface area contributed by atoms with Gasteiger partial charge < -0.3 is 0 Å². The number of hydrogen-bond acceptors (Lipinski definition) is 2. The molecule has 156 valence electrons. The minimum absolute atomic E-state index is 0.136. The molecule has 1 saturated heterocycles. The van der Waals surface area contributed by atoms with Gasteiger partial charge in [0.1, 0.15) is 0 Å². The molecule has 1 aliphatic rings. The molecule has 0 aromatic heterocycles. The molecule has 0 aliphatic carbocycles. The molecule has 1 fully saturated rings. The van der Waals surface area contributed by atoms with Crippen molar-refractivity contribution in [2.45, 2.75) is 30.2 Å². The summed E-state index contributed by atoms with van der Waals surface area (Å²) in [5, 5.41) is 2.40. The molecule has 0 radical (unpaired) electrons. The Morgan fingerprint density at radius 1 is 0.774 bits per heavy atom. The summed E-state index contributed by atoms with van der Waals surface area (Å²) in [7, 11) is -3.61. The molecular formula is C27H25NO2S. The maximum absolute atomic E-state index is 13.7. The van der Waals surface area contributed by atoms with Crippen LogP contribution in [0.5, 0.6) is 0 Å². The molecule has 1 aliphatic heterocycles. The van der Waals surface area contributed by atoms with Gasteiger partial charge in [-0.15, -0.1) is 0 Å². The van der Waals surface area contributed by atoms with E-state index in [1.54, 1.807) is 16.4 Å². The van der Waals surface area contributed by atoms with Gasteiger partial charge >= 0.3 is 0 Å². The third kappa shape index (κ3) is 3.67. The molecule has 5 rings (SSSR count). The lowest BCUT2D eigenvalue weighted by atomic mass is 9.90. The fourth-order valence-electron chi connectivity index (χ4n) is 4.73. The topological polar surface area (TPSA) is 37.4 Å². The van der Waals surface area contributed by atoms with E-state index in [0.29, 0.717) is 11.4 Å². The van der Waals surface area contributed by atoms with Crippen LogP contribution in [0.3, 0.4) is 0 Å². The largest absolute Gasteiger partial charge is 0.243 e. The number of benzene rings is 4. The summed E-state index contributed by atoms with van der Waals surface area (Å²) in [6, 6.07) is 31.7. The Hall–Kier alpha value is -2.95. The van der Waals surface area contributed by atoms with Crippen molar-refractivity contribution in [3.8, 4) is 0 Å². The lowest BCUT2D eigenvalue weighted by Gasteiger charge is -2.24. The van der Waals surface area contributed by atoms with Gasteiger partial charge in [-0.25, -0.2) is 8.42 Å². The van der Waals surface area contributed by atoms with Crippen LogP contribution in [0.4, 0.5) is 0 Å². The normalized spacial score (nSPS) is 19.6. The molecule has 4 aromatic rings. The first kappa shape index (κ1) is 20.0. The van der Waals surface area contributed by atoms with E-state index in [4.69, 9.17) is 0 Å². The van der Waals surface area contributed by atoms with Crippen LogP contribution in [0.15, 0.2) is 102 Å². The van der Waals surface area contributed by atoms with Crippen molar-refractivity contribution in [1.29, 1.82) is 0 Å². The molecule has 1 heterocycles. The van der Waals surface area contributed by atoms with E-state index in [1.165, 1.54) is 16.3 Å². The van der Waals surface area contributed by atoms with E-state index in [2.05, 4.69) is 36.4 Å². The Kier molecular flexibility index (Phi) is 5.12. The predicted molar refractivity (Wildman–Crippen MR) is 126 cm³/mol. The lowest BCUT2D eigenvalue weighted by Crippen LogP contribution is -2.31. The van der Waals surface area contributed by atoms with Crippen molar-refractivity contribution in [1.82, 2.24) is 4.31 Å². The molecule has 4 heteroatoms. The Bertz CT molecular complexity index is 1310. The summed E-state index contributed by atoms with van der Waals surface area (Å²) in [4.78, 5) is 0.359. The van der Waals surface area contributed by atoms with Crippen molar-refractivity contribution < 1.29 is 8.42 Å². The fraction of sp³-hybridized carbons (Fsp3) is 0.185. The quantitative estimate of drug-likeness (QED) is 0.396. The van der Waals surface area contributed by atoms with Gasteiger partial charge in [0.15, 0.2) is 0 Å². The summed E-state index contributed by atoms with van der Waals surface area (Å²) < 4.78 is 29.1. The van der Waals surface area contributed by atoms with Crippen molar-refractivity contribution in [2.24, 2.45) is 0 Å². The summed E-state index contributed by atoms with van der Waals surface area (Å²) in [5.74, 6) is 0.136. The standard InChI is InChI=1S/C27H25NO2S/c1-20-14-16-24(17-15-20)31(29,30)28-19-23(18-27(28)22-9-3-2-4-10-22)26-13-7-11-21-8-5-6-12-25(21)26/h2-17,23,27H,18-19H2,1H3. The third-order valence-electron chi connectivity index (χ3n) is 6.33. The van der Waals surface area contributed by atoms with E-state index in [0.717, 1.165) is 17.5 Å². The molecule has 4 aromatic carbocycles. The second-order valence-electron chi connectivity index (χ2n) is 8.32. The second kappa shape index (κ2) is 7.95. The van der Waals surface area contributed by atoms with Crippen molar-refractivity contribution in [2.75, 3.05) is 6.54 Å². The van der Waals surface area contributed by atoms with Crippen molar-refractivity contribution in [3.63, 3.8) is 0 Å². The van der Waals surface area contributed by atoms with Crippen LogP contribution in [-0.4, -0.2) is 19.3 Å². The van der Waals surface area contributed by atoms with E-state index < -0.39 is 10.0 Å². The highest BCUT2D eigenvalue weighted by Gasteiger charge is 2.41. The maximum Gasteiger partial charge on any atom is 0.243 e. The molecule has 0 N–H and O–H groups in total. The third-order valence-corrected chi connectivity index (χ3v) is 8.22. The smallest absolute Gasteiger partial charge is 0.207 e. The van der Waals surface area contributed by atoms with Gasteiger partial charge in [0.05, 0.1) is 10.9 Å². The van der Waals surface area contributed by atoms with E-state index >= 15 is 0 Å². The van der Waals surface area contributed by atoms with Crippen LogP contribution in [0.1, 0.15) is 35.1 Å². The van der Waals surface area contributed by atoms with Gasteiger partial charge in [0, 0.05) is 12.5 Å². The highest BCUT2D eigenvalue weighted by Crippen LogP contribution is 2.45. The Labute approximate surface area is 184 Å². The minimum Gasteiger partial charge on any atom is -0.207 e. The summed E-state index contributed by atoms with van der Waals surface area (Å²) in [6.07, 6.45) is 0.767. The molecule has 3 nitrogen and oxygen atoms in total. The van der Waals surface area contributed by atoms with Gasteiger partial charge in [0.2, 0.25) is 10.0 Å². The molecule has 2 atom stereocenters. The summed E-state index contributed by atoms with van der Waals surface area (Å²) in [5.41, 5.74) is 3.31. The zero-order valence-corrected chi connectivity index (χ0v) is 18.3. The summed E-state index contributed by atoms with van der Waals surface area (Å²) >= 11 is 0. The zero-order chi connectivity index (χ0) is 21.4. The highest BCUT2D eigenvalue weighted by molar-refractivity contribution is 7.89. The number of aryl methyl sites for hydroxylation is 1. The number of sulfonamides is 1. The van der Waals surface area contributed by atoms with E-state index in [-0.39, 0.29) is 12.0 Å². The first-order chi connectivity index (χ1) is 15.0. The fourth-order valence-corrected chi connectivity index (χ4v) is 6.40. The van der Waals surface area contributed by atoms with E-state index in [1.807, 2.05) is 55.5 Å². The van der Waals surface area contributed by atoms with Crippen LogP contribution in [-0.2, 0) is 10.0 Å². The number of fused-ring (bicyclic) bond motifs is 1. The van der Waals surface area contributed by atoms with E-state index in [9.17, 15) is 8.42 Å². The second-order valence-corrected chi connectivity index (χ2v) is 10.2. The minimum atomic E-state index is -3.61. The van der Waals surface area contributed by atoms with Gasteiger partial charge in [-0.2, -0.15) is 4.31 Å². The molecule has 0 spiro atoms. The molecule has 31 heavy (non-hydrogen) atoms. The first-order valence-corrected chi connectivity index (χ1v) is 12.1. The van der Waals surface area contributed by atoms with Crippen LogP contribution >= 0.6 is 0 Å². The number of rotatable bonds is 4. The first-order valence-electron chi connectivity index (χ1n) is 10.6. The van der Waals surface area contributed by atoms with Gasteiger partial charge in [0.25, 0.3) is 0 Å². The average Bonchev–Trinajstić information content (AvgIpc) is 3.26. The molecule has 0 amide bonds. The van der Waals surface area contributed by atoms with Crippen LogP contribution < -0.4 is 0 Å². The van der Waals surface area contributed by atoms with Crippen LogP contribution in [0, 0.1) is 6.92 Å². The van der Waals surface area contributed by atoms with Crippen molar-refractivity contribution >= 4 is 20.8 Å². The summed E-state index contributed by atoms with van der Waals surface area (Å²) in [6.45, 7) is 2.44. The van der Waals surface area contributed by atoms with Crippen LogP contribution in [0.25, 0.3) is 10.8 Å². The maximum atomic E-state index is 13.7. The molecule has 0 saturated carbocycles.